The lowest BCUT2D eigenvalue weighted by Crippen LogP contribution is -2.35. The molecular weight excluding hydrogens is 693 g/mol. The molecule has 3 nitrogen and oxygen atoms in total. The first-order valence-corrected chi connectivity index (χ1v) is 20.4. The molecule has 0 radical (unpaired) electrons. The molecule has 57 heavy (non-hydrogen) atoms. The Labute approximate surface area is 332 Å². The molecule has 0 bridgehead atoms. The zero-order valence-electron chi connectivity index (χ0n) is 32.3. The van der Waals surface area contributed by atoms with E-state index in [4.69, 9.17) is 4.42 Å². The van der Waals surface area contributed by atoms with Gasteiger partial charge in [0.05, 0.1) is 22.4 Å². The van der Waals surface area contributed by atoms with Crippen molar-refractivity contribution < 1.29 is 4.42 Å². The Morgan fingerprint density at radius 2 is 1.33 bits per heavy atom. The largest absolute Gasteiger partial charge is 0.456 e. The average molecular weight is 733 g/mol. The van der Waals surface area contributed by atoms with Gasteiger partial charge in [0.25, 0.3) is 0 Å². The molecule has 0 N–H and O–H groups in total. The molecule has 3 atom stereocenters. The summed E-state index contributed by atoms with van der Waals surface area (Å²) < 4.78 is 6.90. The summed E-state index contributed by atoms with van der Waals surface area (Å²) in [5.74, 6) is 1.17. The molecule has 3 heteroatoms. The average Bonchev–Trinajstić information content (AvgIpc) is 3.81. The summed E-state index contributed by atoms with van der Waals surface area (Å²) in [5.41, 5.74) is 20.9. The van der Waals surface area contributed by atoms with Crippen LogP contribution >= 0.6 is 0 Å². The second kappa shape index (κ2) is 10.8. The van der Waals surface area contributed by atoms with Crippen LogP contribution in [0.5, 0.6) is 0 Å². The number of para-hydroxylation sites is 1. The molecule has 1 fully saturated rings. The first-order valence-electron chi connectivity index (χ1n) is 20.4. The van der Waals surface area contributed by atoms with Crippen LogP contribution in [-0.2, 0) is 10.8 Å². The molecule has 2 heterocycles. The number of furan rings is 1. The molecule has 272 valence electrons. The number of hydrogen-bond donors (Lipinski definition) is 0. The van der Waals surface area contributed by atoms with E-state index < -0.39 is 0 Å². The van der Waals surface area contributed by atoms with E-state index in [2.05, 4.69) is 194 Å². The number of anilines is 5. The first kappa shape index (κ1) is 31.6. The lowest BCUT2D eigenvalue weighted by molar-refractivity contribution is 0.615. The molecular formula is C54H40N2O. The van der Waals surface area contributed by atoms with Crippen LogP contribution in [0.15, 0.2) is 174 Å². The highest BCUT2D eigenvalue weighted by molar-refractivity contribution is 6.14. The molecule has 5 aliphatic rings. The zero-order chi connectivity index (χ0) is 37.8. The molecule has 3 unspecified atom stereocenters. The number of fused-ring (bicyclic) bond motifs is 13. The van der Waals surface area contributed by atoms with E-state index in [1.807, 2.05) is 0 Å². The fraction of sp³-hybridized carbons (Fsp3) is 0.148. The maximum Gasteiger partial charge on any atom is 0.137 e. The fourth-order valence-corrected chi connectivity index (χ4v) is 11.5. The van der Waals surface area contributed by atoms with Gasteiger partial charge in [-0.25, -0.2) is 0 Å². The molecule has 13 rings (SSSR count). The maximum absolute atomic E-state index is 6.90. The predicted octanol–water partition coefficient (Wildman–Crippen LogP) is 14.2. The third-order valence-corrected chi connectivity index (χ3v) is 14.1. The molecule has 0 amide bonds. The Balaban J connectivity index is 1.05. The Bertz CT molecular complexity index is 3130. The summed E-state index contributed by atoms with van der Waals surface area (Å²) in [7, 11) is 0. The topological polar surface area (TPSA) is 19.6 Å². The predicted molar refractivity (Wildman–Crippen MR) is 234 cm³/mol. The third kappa shape index (κ3) is 3.96. The van der Waals surface area contributed by atoms with E-state index in [0.717, 1.165) is 33.3 Å². The van der Waals surface area contributed by atoms with E-state index in [-0.39, 0.29) is 10.8 Å². The second-order valence-corrected chi connectivity index (χ2v) is 17.3. The van der Waals surface area contributed by atoms with Crippen LogP contribution in [0.4, 0.5) is 28.4 Å². The number of nitrogens with zero attached hydrogens (tertiary/aromatic N) is 2. The second-order valence-electron chi connectivity index (χ2n) is 17.3. The van der Waals surface area contributed by atoms with Crippen molar-refractivity contribution in [3.8, 4) is 22.3 Å². The van der Waals surface area contributed by atoms with Crippen LogP contribution in [-0.4, -0.2) is 0 Å². The normalized spacial score (nSPS) is 21.0. The van der Waals surface area contributed by atoms with Gasteiger partial charge in [0.2, 0.25) is 0 Å². The van der Waals surface area contributed by atoms with Crippen molar-refractivity contribution in [3.05, 3.63) is 197 Å². The quantitative estimate of drug-likeness (QED) is 0.180. The maximum atomic E-state index is 6.90. The highest BCUT2D eigenvalue weighted by Crippen LogP contribution is 2.66. The molecule has 0 spiro atoms. The highest BCUT2D eigenvalue weighted by atomic mass is 16.3. The van der Waals surface area contributed by atoms with Crippen LogP contribution in [0.1, 0.15) is 55.0 Å². The van der Waals surface area contributed by atoms with E-state index in [1.54, 1.807) is 0 Å². The van der Waals surface area contributed by atoms with Gasteiger partial charge in [-0.1, -0.05) is 117 Å². The van der Waals surface area contributed by atoms with E-state index in [0.29, 0.717) is 11.8 Å². The van der Waals surface area contributed by atoms with Crippen molar-refractivity contribution in [2.24, 2.45) is 11.8 Å². The summed E-state index contributed by atoms with van der Waals surface area (Å²) in [5, 5.41) is 2.28. The monoisotopic (exact) mass is 732 g/mol. The minimum Gasteiger partial charge on any atom is -0.456 e. The van der Waals surface area contributed by atoms with Crippen molar-refractivity contribution in [1.29, 1.82) is 0 Å². The van der Waals surface area contributed by atoms with E-state index >= 15 is 0 Å². The van der Waals surface area contributed by atoms with Gasteiger partial charge < -0.3 is 14.2 Å². The number of hydrogen-bond acceptors (Lipinski definition) is 3. The SMILES string of the molecule is CC1(C)c2ccccc2-c2ccc3c(c21)C1(C)c2ccccc2-c2cccc(c21)N3c1ccc2c(c1)oc1cccc(N(C3=CC=CC4CC34)c3ccccc3)c12. The van der Waals surface area contributed by atoms with Gasteiger partial charge in [0, 0.05) is 45.3 Å². The van der Waals surface area contributed by atoms with Crippen molar-refractivity contribution in [3.63, 3.8) is 0 Å². The van der Waals surface area contributed by atoms with Gasteiger partial charge in [-0.3, -0.25) is 0 Å². The smallest absolute Gasteiger partial charge is 0.137 e. The lowest BCUT2D eigenvalue weighted by Gasteiger charge is -2.45. The van der Waals surface area contributed by atoms with Crippen molar-refractivity contribution in [1.82, 2.24) is 0 Å². The molecule has 7 aromatic carbocycles. The summed E-state index contributed by atoms with van der Waals surface area (Å²) >= 11 is 0. The van der Waals surface area contributed by atoms with E-state index in [1.165, 1.54) is 79.3 Å². The number of allylic oxidation sites excluding steroid dienone is 4. The molecule has 4 aliphatic carbocycles. The fourth-order valence-electron chi connectivity index (χ4n) is 11.5. The van der Waals surface area contributed by atoms with Gasteiger partial charge >= 0.3 is 0 Å². The Morgan fingerprint density at radius 1 is 0.614 bits per heavy atom. The van der Waals surface area contributed by atoms with Gasteiger partial charge in [-0.15, -0.1) is 0 Å². The number of rotatable bonds is 4. The molecule has 1 aliphatic heterocycles. The van der Waals surface area contributed by atoms with E-state index in [9.17, 15) is 0 Å². The minimum atomic E-state index is -0.332. The minimum absolute atomic E-state index is 0.177. The van der Waals surface area contributed by atoms with Crippen LogP contribution in [0.3, 0.4) is 0 Å². The van der Waals surface area contributed by atoms with Crippen molar-refractivity contribution >= 4 is 50.4 Å². The number of benzene rings is 7. The van der Waals surface area contributed by atoms with Crippen LogP contribution in [0.2, 0.25) is 0 Å². The summed E-state index contributed by atoms with van der Waals surface area (Å²) in [6.45, 7) is 7.34. The Hall–Kier alpha value is -6.58. The summed E-state index contributed by atoms with van der Waals surface area (Å²) in [6.07, 6.45) is 8.13. The zero-order valence-corrected chi connectivity index (χ0v) is 32.3. The Kier molecular flexibility index (Phi) is 6.01. The lowest BCUT2D eigenvalue weighted by atomic mass is 9.65. The highest BCUT2D eigenvalue weighted by Gasteiger charge is 2.53. The molecule has 1 saturated carbocycles. The molecule has 8 aromatic rings. The van der Waals surface area contributed by atoms with Crippen LogP contribution < -0.4 is 9.80 Å². The van der Waals surface area contributed by atoms with Crippen molar-refractivity contribution in [2.75, 3.05) is 9.80 Å². The van der Waals surface area contributed by atoms with Gasteiger partial charge in [-0.05, 0) is 124 Å². The van der Waals surface area contributed by atoms with Gasteiger partial charge in [-0.2, -0.15) is 0 Å². The first-order chi connectivity index (χ1) is 27.9. The third-order valence-electron chi connectivity index (χ3n) is 14.1. The molecule has 1 aromatic heterocycles. The summed E-state index contributed by atoms with van der Waals surface area (Å²) in [6, 6.07) is 54.1. The summed E-state index contributed by atoms with van der Waals surface area (Å²) in [4.78, 5) is 5.00. The van der Waals surface area contributed by atoms with Gasteiger partial charge in [0.15, 0.2) is 0 Å². The van der Waals surface area contributed by atoms with Crippen LogP contribution in [0.25, 0.3) is 44.2 Å². The van der Waals surface area contributed by atoms with Crippen molar-refractivity contribution in [2.45, 2.75) is 38.0 Å². The molecule has 0 saturated heterocycles. The Morgan fingerprint density at radius 3 is 2.19 bits per heavy atom. The van der Waals surface area contributed by atoms with Gasteiger partial charge in [0.1, 0.15) is 11.2 Å². The van der Waals surface area contributed by atoms with Crippen LogP contribution in [0, 0.1) is 11.8 Å². The standard InChI is InChI=1S/C54H40N2O/c1-53(2)41-20-9-7-17-35(41)38-28-29-46-52(51(38)53)54(3)42-21-10-8-18-36(42)37-19-12-24-45(50(37)54)56(46)34-26-27-39-48(31-34)57-47-25-13-23-44(49(39)47)55(33-15-5-4-6-16-33)43-22-11-14-32-30-40(32)43/h4-29,31-32,40H,30H2,1-3H3.